The monoisotopic (exact) mass is 262 g/mol. The highest BCUT2D eigenvalue weighted by Gasteiger charge is 2.42. The van der Waals surface area contributed by atoms with Gasteiger partial charge in [-0.2, -0.15) is 18.3 Å². The Morgan fingerprint density at radius 3 is 2.67 bits per heavy atom. The van der Waals surface area contributed by atoms with E-state index in [2.05, 4.69) is 9.84 Å². The minimum absolute atomic E-state index is 0.0325. The summed E-state index contributed by atoms with van der Waals surface area (Å²) < 4.78 is 44.5. The van der Waals surface area contributed by atoms with Gasteiger partial charge in [-0.25, -0.2) is 4.79 Å². The van der Waals surface area contributed by atoms with Gasteiger partial charge in [-0.15, -0.1) is 0 Å². The predicted octanol–water partition coefficient (Wildman–Crippen LogP) is 2.80. The number of carbonyl (C=O) groups excluding carboxylic acids is 1. The van der Waals surface area contributed by atoms with E-state index in [9.17, 15) is 18.0 Å². The molecule has 0 unspecified atom stereocenters. The summed E-state index contributed by atoms with van der Waals surface area (Å²) in [5, 5.41) is 3.70. The summed E-state index contributed by atoms with van der Waals surface area (Å²) in [6.07, 6.45) is -1.45. The Hall–Kier alpha value is -1.53. The molecule has 0 N–H and O–H groups in total. The molecule has 0 atom stereocenters. The van der Waals surface area contributed by atoms with Crippen LogP contribution in [-0.4, -0.2) is 22.4 Å². The van der Waals surface area contributed by atoms with Crippen LogP contribution >= 0.6 is 0 Å². The van der Waals surface area contributed by atoms with Gasteiger partial charge in [-0.05, 0) is 26.2 Å². The fraction of sp³-hybridized carbons (Fsp3) is 0.636. The van der Waals surface area contributed by atoms with Gasteiger partial charge in [0.15, 0.2) is 5.69 Å². The number of carbonyl (C=O) groups is 1. The van der Waals surface area contributed by atoms with Crippen molar-refractivity contribution in [1.29, 1.82) is 0 Å². The standard InChI is InChI=1S/C11H13F3N2O2/c1-2-18-10(17)8-6-15-16(7-4-3-5-7)9(8)11(12,13)14/h6-7H,2-5H2,1H3. The number of esters is 1. The Bertz CT molecular complexity index is 450. The van der Waals surface area contributed by atoms with Gasteiger partial charge in [0.05, 0.1) is 18.8 Å². The van der Waals surface area contributed by atoms with Crippen LogP contribution in [0.2, 0.25) is 0 Å². The van der Waals surface area contributed by atoms with E-state index < -0.39 is 23.4 Å². The Morgan fingerprint density at radius 2 is 2.22 bits per heavy atom. The van der Waals surface area contributed by atoms with Crippen molar-refractivity contribution in [1.82, 2.24) is 9.78 Å². The molecule has 1 aromatic heterocycles. The third-order valence-electron chi connectivity index (χ3n) is 2.98. The second-order valence-electron chi connectivity index (χ2n) is 4.15. The first kappa shape index (κ1) is 12.9. The summed E-state index contributed by atoms with van der Waals surface area (Å²) in [7, 11) is 0. The second kappa shape index (κ2) is 4.62. The van der Waals surface area contributed by atoms with Crippen LogP contribution in [0.5, 0.6) is 0 Å². The fourth-order valence-electron chi connectivity index (χ4n) is 1.91. The molecule has 1 aromatic rings. The number of rotatable bonds is 3. The normalized spacial score (nSPS) is 16.4. The van der Waals surface area contributed by atoms with Crippen LogP contribution in [0.3, 0.4) is 0 Å². The van der Waals surface area contributed by atoms with Crippen molar-refractivity contribution in [2.75, 3.05) is 6.61 Å². The highest BCUT2D eigenvalue weighted by atomic mass is 19.4. The number of ether oxygens (including phenoxy) is 1. The first-order valence-electron chi connectivity index (χ1n) is 5.77. The summed E-state index contributed by atoms with van der Waals surface area (Å²) in [6, 6.07) is -0.259. The molecule has 1 heterocycles. The first-order chi connectivity index (χ1) is 8.45. The number of nitrogens with zero attached hydrogens (tertiary/aromatic N) is 2. The maximum atomic E-state index is 13.0. The summed E-state index contributed by atoms with van der Waals surface area (Å²) in [6.45, 7) is 1.58. The van der Waals surface area contributed by atoms with Crippen LogP contribution in [0.25, 0.3) is 0 Å². The smallest absolute Gasteiger partial charge is 0.433 e. The van der Waals surface area contributed by atoms with Crippen molar-refractivity contribution >= 4 is 5.97 Å². The van der Waals surface area contributed by atoms with Crippen molar-refractivity contribution in [3.05, 3.63) is 17.5 Å². The molecule has 0 radical (unpaired) electrons. The summed E-state index contributed by atoms with van der Waals surface area (Å²) >= 11 is 0. The number of halogens is 3. The zero-order valence-electron chi connectivity index (χ0n) is 9.83. The first-order valence-corrected chi connectivity index (χ1v) is 5.77. The number of hydrogen-bond donors (Lipinski definition) is 0. The van der Waals surface area contributed by atoms with Gasteiger partial charge in [-0.3, -0.25) is 4.68 Å². The van der Waals surface area contributed by atoms with Crippen LogP contribution in [0.4, 0.5) is 13.2 Å². The highest BCUT2D eigenvalue weighted by Crippen LogP contribution is 2.39. The number of hydrogen-bond acceptors (Lipinski definition) is 3. The van der Waals surface area contributed by atoms with Gasteiger partial charge < -0.3 is 4.74 Å². The Balaban J connectivity index is 2.40. The van der Waals surface area contributed by atoms with Crippen LogP contribution < -0.4 is 0 Å². The van der Waals surface area contributed by atoms with Crippen molar-refractivity contribution in [2.24, 2.45) is 0 Å². The molecule has 1 fully saturated rings. The predicted molar refractivity (Wildman–Crippen MR) is 56.1 cm³/mol. The molecule has 0 amide bonds. The average molecular weight is 262 g/mol. The Kier molecular flexibility index (Phi) is 3.32. The topological polar surface area (TPSA) is 44.1 Å². The lowest BCUT2D eigenvalue weighted by atomic mass is 9.93. The molecule has 4 nitrogen and oxygen atoms in total. The summed E-state index contributed by atoms with van der Waals surface area (Å²) in [5.41, 5.74) is -1.50. The van der Waals surface area contributed by atoms with Crippen LogP contribution in [0.15, 0.2) is 6.20 Å². The van der Waals surface area contributed by atoms with Crippen molar-refractivity contribution in [3.63, 3.8) is 0 Å². The zero-order valence-corrected chi connectivity index (χ0v) is 9.83. The van der Waals surface area contributed by atoms with Crippen LogP contribution in [-0.2, 0) is 10.9 Å². The molecule has 1 saturated carbocycles. The summed E-state index contributed by atoms with van der Waals surface area (Å²) in [4.78, 5) is 11.5. The molecule has 1 aliphatic carbocycles. The molecular weight excluding hydrogens is 249 g/mol. The van der Waals surface area contributed by atoms with Crippen LogP contribution in [0.1, 0.15) is 48.3 Å². The molecule has 0 aromatic carbocycles. The minimum atomic E-state index is -4.60. The Morgan fingerprint density at radius 1 is 1.56 bits per heavy atom. The van der Waals surface area contributed by atoms with Crippen molar-refractivity contribution < 1.29 is 22.7 Å². The quantitative estimate of drug-likeness (QED) is 0.787. The Labute approximate surface area is 102 Å². The summed E-state index contributed by atoms with van der Waals surface area (Å²) in [5.74, 6) is -0.976. The average Bonchev–Trinajstić information content (AvgIpc) is 2.59. The molecule has 0 saturated heterocycles. The minimum Gasteiger partial charge on any atom is -0.462 e. The van der Waals surface area contributed by atoms with Gasteiger partial charge in [0.2, 0.25) is 0 Å². The maximum absolute atomic E-state index is 13.0. The second-order valence-corrected chi connectivity index (χ2v) is 4.15. The fourth-order valence-corrected chi connectivity index (χ4v) is 1.91. The SMILES string of the molecule is CCOC(=O)c1cnn(C2CCC2)c1C(F)(F)F. The van der Waals surface area contributed by atoms with Crippen molar-refractivity contribution in [3.8, 4) is 0 Å². The molecular formula is C11H13F3N2O2. The van der Waals surface area contributed by atoms with Gasteiger partial charge in [0.1, 0.15) is 5.56 Å². The third kappa shape index (κ3) is 2.21. The van der Waals surface area contributed by atoms with Crippen molar-refractivity contribution in [2.45, 2.75) is 38.4 Å². The third-order valence-corrected chi connectivity index (χ3v) is 2.98. The molecule has 0 spiro atoms. The van der Waals surface area contributed by atoms with Crippen LogP contribution in [0, 0.1) is 0 Å². The molecule has 7 heteroatoms. The molecule has 100 valence electrons. The lowest BCUT2D eigenvalue weighted by molar-refractivity contribution is -0.146. The molecule has 0 bridgehead atoms. The lowest BCUT2D eigenvalue weighted by Gasteiger charge is -2.28. The number of aromatic nitrogens is 2. The van der Waals surface area contributed by atoms with E-state index in [0.717, 1.165) is 17.3 Å². The maximum Gasteiger partial charge on any atom is 0.433 e. The van der Waals surface area contributed by atoms with Gasteiger partial charge >= 0.3 is 12.1 Å². The van der Waals surface area contributed by atoms with E-state index in [4.69, 9.17) is 0 Å². The molecule has 1 aliphatic rings. The van der Waals surface area contributed by atoms with Gasteiger partial charge in [0.25, 0.3) is 0 Å². The largest absolute Gasteiger partial charge is 0.462 e. The zero-order chi connectivity index (χ0) is 13.3. The van der Waals surface area contributed by atoms with E-state index in [1.165, 1.54) is 0 Å². The van der Waals surface area contributed by atoms with E-state index in [1.807, 2.05) is 0 Å². The number of alkyl halides is 3. The van der Waals surface area contributed by atoms with E-state index in [1.54, 1.807) is 6.92 Å². The highest BCUT2D eigenvalue weighted by molar-refractivity contribution is 5.90. The molecule has 0 aliphatic heterocycles. The molecule has 2 rings (SSSR count). The van der Waals surface area contributed by atoms with E-state index in [0.29, 0.717) is 12.8 Å². The van der Waals surface area contributed by atoms with Gasteiger partial charge in [0, 0.05) is 0 Å². The molecule has 18 heavy (non-hydrogen) atoms. The van der Waals surface area contributed by atoms with Gasteiger partial charge in [-0.1, -0.05) is 0 Å². The lowest BCUT2D eigenvalue weighted by Crippen LogP contribution is -2.25. The van der Waals surface area contributed by atoms with E-state index in [-0.39, 0.29) is 12.6 Å². The van der Waals surface area contributed by atoms with E-state index >= 15 is 0 Å².